The zero-order chi connectivity index (χ0) is 14.9. The van der Waals surface area contributed by atoms with Gasteiger partial charge in [-0.2, -0.15) is 0 Å². The largest absolute Gasteiger partial charge is 0.462 e. The van der Waals surface area contributed by atoms with Gasteiger partial charge in [0, 0.05) is 11.8 Å². The van der Waals surface area contributed by atoms with Gasteiger partial charge < -0.3 is 15.5 Å². The fourth-order valence-electron chi connectivity index (χ4n) is 1.96. The summed E-state index contributed by atoms with van der Waals surface area (Å²) in [7, 11) is 0. The molecule has 0 spiro atoms. The first-order chi connectivity index (χ1) is 10.3. The van der Waals surface area contributed by atoms with E-state index in [1.807, 2.05) is 17.5 Å². The van der Waals surface area contributed by atoms with Gasteiger partial charge >= 0.3 is 0 Å². The minimum atomic E-state index is 0. The average Bonchev–Trinajstić information content (AvgIpc) is 3.15. The lowest BCUT2D eigenvalue weighted by atomic mass is 10.1. The highest BCUT2D eigenvalue weighted by Gasteiger charge is 2.08. The second kappa shape index (κ2) is 10.4. The van der Waals surface area contributed by atoms with Crippen molar-refractivity contribution in [2.75, 3.05) is 6.54 Å². The van der Waals surface area contributed by atoms with Gasteiger partial charge in [0.15, 0.2) is 10.8 Å². The third-order valence-electron chi connectivity index (χ3n) is 3.11. The average molecular weight is 344 g/mol. The van der Waals surface area contributed by atoms with E-state index in [9.17, 15) is 4.79 Å². The van der Waals surface area contributed by atoms with Crippen LogP contribution in [0.25, 0.3) is 10.8 Å². The van der Waals surface area contributed by atoms with Crippen molar-refractivity contribution in [1.82, 2.24) is 10.3 Å². The molecule has 7 heteroatoms. The van der Waals surface area contributed by atoms with Crippen LogP contribution in [0.4, 0.5) is 0 Å². The summed E-state index contributed by atoms with van der Waals surface area (Å²) >= 11 is 1.52. The fraction of sp³-hybridized carbons (Fsp3) is 0.467. The Balaban J connectivity index is 0.00000242. The van der Waals surface area contributed by atoms with Gasteiger partial charge in [-0.1, -0.05) is 12.8 Å². The maximum Gasteiger partial charge on any atom is 0.220 e. The smallest absolute Gasteiger partial charge is 0.220 e. The van der Waals surface area contributed by atoms with E-state index in [0.29, 0.717) is 13.0 Å². The van der Waals surface area contributed by atoms with Gasteiger partial charge in [0.25, 0.3) is 0 Å². The predicted octanol–water partition coefficient (Wildman–Crippen LogP) is 3.35. The molecule has 0 aliphatic carbocycles. The Morgan fingerprint density at radius 1 is 1.32 bits per heavy atom. The summed E-state index contributed by atoms with van der Waals surface area (Å²) in [4.78, 5) is 16.1. The molecular formula is C15H22ClN3O2S. The van der Waals surface area contributed by atoms with E-state index in [2.05, 4.69) is 10.3 Å². The molecule has 0 aromatic carbocycles. The standard InChI is InChI=1S/C15H21N3O2S.ClH/c16-8-4-2-1-3-7-14(19)17-10-12-11-21-15(18-12)13-6-5-9-20-13;/h5-6,9,11H,1-4,7-8,10,16H2,(H,17,19);1H. The molecule has 1 amide bonds. The van der Waals surface area contributed by atoms with Crippen LogP contribution in [0, 0.1) is 0 Å². The molecule has 0 saturated carbocycles. The van der Waals surface area contributed by atoms with Crippen LogP contribution >= 0.6 is 23.7 Å². The van der Waals surface area contributed by atoms with Gasteiger partial charge in [-0.25, -0.2) is 4.98 Å². The summed E-state index contributed by atoms with van der Waals surface area (Å²) in [6.07, 6.45) is 6.31. The molecule has 2 rings (SSSR count). The number of carbonyl (C=O) groups excluding carboxylic acids is 1. The van der Waals surface area contributed by atoms with Crippen LogP contribution in [0.3, 0.4) is 0 Å². The molecule has 0 aliphatic heterocycles. The monoisotopic (exact) mass is 343 g/mol. The fourth-order valence-corrected chi connectivity index (χ4v) is 2.75. The zero-order valence-corrected chi connectivity index (χ0v) is 14.0. The quantitative estimate of drug-likeness (QED) is 0.684. The van der Waals surface area contributed by atoms with Crippen molar-refractivity contribution in [1.29, 1.82) is 0 Å². The van der Waals surface area contributed by atoms with E-state index >= 15 is 0 Å². The van der Waals surface area contributed by atoms with E-state index in [4.69, 9.17) is 10.2 Å². The molecule has 0 saturated heterocycles. The second-order valence-electron chi connectivity index (χ2n) is 4.85. The van der Waals surface area contributed by atoms with E-state index in [-0.39, 0.29) is 18.3 Å². The number of rotatable bonds is 9. The molecule has 0 atom stereocenters. The minimum absolute atomic E-state index is 0. The van der Waals surface area contributed by atoms with Crippen LogP contribution in [-0.4, -0.2) is 17.4 Å². The van der Waals surface area contributed by atoms with Crippen LogP contribution in [0.1, 0.15) is 37.8 Å². The molecule has 0 radical (unpaired) electrons. The van der Waals surface area contributed by atoms with E-state index in [1.54, 1.807) is 6.26 Å². The first-order valence-corrected chi connectivity index (χ1v) is 8.12. The van der Waals surface area contributed by atoms with E-state index in [1.165, 1.54) is 11.3 Å². The Labute approximate surface area is 140 Å². The number of halogens is 1. The number of thiazole rings is 1. The predicted molar refractivity (Wildman–Crippen MR) is 91.1 cm³/mol. The van der Waals surface area contributed by atoms with Crippen molar-refractivity contribution in [3.05, 3.63) is 29.5 Å². The molecule has 5 nitrogen and oxygen atoms in total. The molecule has 0 bridgehead atoms. The second-order valence-corrected chi connectivity index (χ2v) is 5.71. The molecular weight excluding hydrogens is 322 g/mol. The molecule has 2 heterocycles. The topological polar surface area (TPSA) is 81.2 Å². The lowest BCUT2D eigenvalue weighted by Crippen LogP contribution is -2.22. The number of carbonyl (C=O) groups is 1. The molecule has 0 fully saturated rings. The maximum absolute atomic E-state index is 11.7. The van der Waals surface area contributed by atoms with Crippen molar-refractivity contribution >= 4 is 29.7 Å². The van der Waals surface area contributed by atoms with Crippen LogP contribution in [0.15, 0.2) is 28.2 Å². The van der Waals surface area contributed by atoms with Crippen LogP contribution in [0.2, 0.25) is 0 Å². The summed E-state index contributed by atoms with van der Waals surface area (Å²) in [6.45, 7) is 1.20. The minimum Gasteiger partial charge on any atom is -0.462 e. The molecule has 0 aliphatic rings. The Morgan fingerprint density at radius 3 is 2.86 bits per heavy atom. The summed E-state index contributed by atoms with van der Waals surface area (Å²) in [6, 6.07) is 3.71. The first kappa shape index (κ1) is 18.7. The van der Waals surface area contributed by atoms with Crippen LogP contribution < -0.4 is 11.1 Å². The lowest BCUT2D eigenvalue weighted by Gasteiger charge is -2.03. The van der Waals surface area contributed by atoms with Gasteiger partial charge in [-0.3, -0.25) is 4.79 Å². The molecule has 2 aromatic heterocycles. The number of nitrogens with two attached hydrogens (primary N) is 1. The normalized spacial score (nSPS) is 10.2. The molecule has 122 valence electrons. The number of furan rings is 1. The highest BCUT2D eigenvalue weighted by atomic mass is 35.5. The number of unbranched alkanes of at least 4 members (excludes halogenated alkanes) is 3. The van der Waals surface area contributed by atoms with Crippen molar-refractivity contribution in [2.24, 2.45) is 5.73 Å². The van der Waals surface area contributed by atoms with Gasteiger partial charge in [0.05, 0.1) is 18.5 Å². The Bertz CT molecular complexity index is 543. The summed E-state index contributed by atoms with van der Waals surface area (Å²) in [5.41, 5.74) is 6.29. The van der Waals surface area contributed by atoms with Crippen LogP contribution in [-0.2, 0) is 11.3 Å². The molecule has 22 heavy (non-hydrogen) atoms. The third-order valence-corrected chi connectivity index (χ3v) is 4.01. The van der Waals surface area contributed by atoms with Crippen molar-refractivity contribution in [3.8, 4) is 10.8 Å². The summed E-state index contributed by atoms with van der Waals surface area (Å²) < 4.78 is 5.30. The highest BCUT2D eigenvalue weighted by molar-refractivity contribution is 7.13. The van der Waals surface area contributed by atoms with Crippen LogP contribution in [0.5, 0.6) is 0 Å². The van der Waals surface area contributed by atoms with Gasteiger partial charge in [-0.15, -0.1) is 23.7 Å². The van der Waals surface area contributed by atoms with Gasteiger partial charge in [0.2, 0.25) is 5.91 Å². The summed E-state index contributed by atoms with van der Waals surface area (Å²) in [5, 5.41) is 5.68. The number of amides is 1. The summed E-state index contributed by atoms with van der Waals surface area (Å²) in [5.74, 6) is 0.841. The number of nitrogens with zero attached hydrogens (tertiary/aromatic N) is 1. The molecule has 3 N–H and O–H groups in total. The van der Waals surface area contributed by atoms with E-state index in [0.717, 1.165) is 48.7 Å². The Hall–Kier alpha value is -1.37. The third kappa shape index (κ3) is 6.17. The Kier molecular flexibility index (Phi) is 8.81. The van der Waals surface area contributed by atoms with Gasteiger partial charge in [-0.05, 0) is 31.5 Å². The molecule has 2 aromatic rings. The van der Waals surface area contributed by atoms with Crippen molar-refractivity contribution < 1.29 is 9.21 Å². The highest BCUT2D eigenvalue weighted by Crippen LogP contribution is 2.23. The van der Waals surface area contributed by atoms with Crippen molar-refractivity contribution in [2.45, 2.75) is 38.6 Å². The van der Waals surface area contributed by atoms with E-state index < -0.39 is 0 Å². The lowest BCUT2D eigenvalue weighted by molar-refractivity contribution is -0.121. The van der Waals surface area contributed by atoms with Crippen molar-refractivity contribution in [3.63, 3.8) is 0 Å². The number of hydrogen-bond donors (Lipinski definition) is 2. The SMILES string of the molecule is Cl.NCCCCCCC(=O)NCc1csc(-c2ccco2)n1. The Morgan fingerprint density at radius 2 is 2.14 bits per heavy atom. The number of hydrogen-bond acceptors (Lipinski definition) is 5. The maximum atomic E-state index is 11.7. The zero-order valence-electron chi connectivity index (χ0n) is 12.4. The van der Waals surface area contributed by atoms with Gasteiger partial charge in [0.1, 0.15) is 0 Å². The number of aromatic nitrogens is 1. The first-order valence-electron chi connectivity index (χ1n) is 7.24. The number of nitrogens with one attached hydrogen (secondary N) is 1. The molecule has 0 unspecified atom stereocenters.